The fourth-order valence-corrected chi connectivity index (χ4v) is 4.98. The molecule has 0 aliphatic carbocycles. The fourth-order valence-electron chi connectivity index (χ4n) is 3.43. The maximum atomic E-state index is 12.9. The van der Waals surface area contributed by atoms with Crippen molar-refractivity contribution >= 4 is 21.8 Å². The summed E-state index contributed by atoms with van der Waals surface area (Å²) in [6, 6.07) is 8.02. The van der Waals surface area contributed by atoms with Crippen LogP contribution in [0.25, 0.3) is 0 Å². The van der Waals surface area contributed by atoms with Crippen molar-refractivity contribution in [3.8, 4) is 0 Å². The SMILES string of the molecule is CN(C)C(=O)CN1C(=O)C2CCC1CN(S(=O)(=O)c1ccccc1)C2. The van der Waals surface area contributed by atoms with E-state index in [1.54, 1.807) is 49.3 Å². The number of sulfonamides is 1. The van der Waals surface area contributed by atoms with Crippen LogP contribution >= 0.6 is 0 Å². The lowest BCUT2D eigenvalue weighted by atomic mass is 9.94. The number of likely N-dealkylation sites (N-methyl/N-ethyl adjacent to an activating group) is 1. The van der Waals surface area contributed by atoms with Gasteiger partial charge in [-0.1, -0.05) is 18.2 Å². The van der Waals surface area contributed by atoms with E-state index in [-0.39, 0.29) is 48.3 Å². The first-order valence-corrected chi connectivity index (χ1v) is 9.80. The number of carbonyl (C=O) groups is 2. The number of hydrogen-bond acceptors (Lipinski definition) is 4. The van der Waals surface area contributed by atoms with Gasteiger partial charge in [0.2, 0.25) is 21.8 Å². The Morgan fingerprint density at radius 3 is 2.48 bits per heavy atom. The van der Waals surface area contributed by atoms with E-state index >= 15 is 0 Å². The summed E-state index contributed by atoms with van der Waals surface area (Å²) in [5.74, 6) is -0.650. The van der Waals surface area contributed by atoms with Gasteiger partial charge in [-0.05, 0) is 25.0 Å². The molecule has 2 atom stereocenters. The van der Waals surface area contributed by atoms with Crippen LogP contribution in [0.15, 0.2) is 35.2 Å². The van der Waals surface area contributed by atoms with E-state index in [1.165, 1.54) is 9.21 Å². The molecule has 0 saturated carbocycles. The van der Waals surface area contributed by atoms with Gasteiger partial charge in [0.05, 0.1) is 10.8 Å². The molecular formula is C17H23N3O4S. The minimum Gasteiger partial charge on any atom is -0.347 e. The first-order chi connectivity index (χ1) is 11.8. The highest BCUT2D eigenvalue weighted by molar-refractivity contribution is 7.89. The van der Waals surface area contributed by atoms with E-state index in [0.717, 1.165) is 6.42 Å². The Hall–Kier alpha value is -1.93. The Morgan fingerprint density at radius 1 is 1.16 bits per heavy atom. The molecule has 2 amide bonds. The van der Waals surface area contributed by atoms with E-state index in [9.17, 15) is 18.0 Å². The molecular weight excluding hydrogens is 342 g/mol. The maximum absolute atomic E-state index is 12.9. The van der Waals surface area contributed by atoms with Crippen LogP contribution in [-0.4, -0.2) is 74.1 Å². The number of benzene rings is 1. The van der Waals surface area contributed by atoms with Gasteiger partial charge in [0.1, 0.15) is 6.54 Å². The van der Waals surface area contributed by atoms with Gasteiger partial charge in [0, 0.05) is 33.2 Å². The van der Waals surface area contributed by atoms with E-state index in [4.69, 9.17) is 0 Å². The average molecular weight is 365 g/mol. The third-order valence-corrected chi connectivity index (χ3v) is 6.79. The summed E-state index contributed by atoms with van der Waals surface area (Å²) in [5.41, 5.74) is 0. The zero-order chi connectivity index (χ0) is 18.2. The molecule has 7 nitrogen and oxygen atoms in total. The monoisotopic (exact) mass is 365 g/mol. The molecule has 3 heterocycles. The molecule has 3 aliphatic heterocycles. The predicted molar refractivity (Wildman–Crippen MR) is 92.1 cm³/mol. The Morgan fingerprint density at radius 2 is 1.84 bits per heavy atom. The number of rotatable bonds is 4. The average Bonchev–Trinajstić information content (AvgIpc) is 2.89. The van der Waals surface area contributed by atoms with Gasteiger partial charge in [-0.3, -0.25) is 9.59 Å². The van der Waals surface area contributed by atoms with Gasteiger partial charge in [-0.25, -0.2) is 8.42 Å². The third kappa shape index (κ3) is 3.41. The quantitative estimate of drug-likeness (QED) is 0.773. The summed E-state index contributed by atoms with van der Waals surface area (Å²) in [5, 5.41) is 0. The minimum absolute atomic E-state index is 0.00618. The summed E-state index contributed by atoms with van der Waals surface area (Å²) < 4.78 is 27.3. The molecule has 0 radical (unpaired) electrons. The van der Waals surface area contributed by atoms with Gasteiger partial charge in [-0.2, -0.15) is 4.31 Å². The summed E-state index contributed by atoms with van der Waals surface area (Å²) in [6.07, 6.45) is 1.38. The van der Waals surface area contributed by atoms with Crippen molar-refractivity contribution in [3.63, 3.8) is 0 Å². The normalized spacial score (nSPS) is 24.2. The van der Waals surface area contributed by atoms with Crippen molar-refractivity contribution in [2.45, 2.75) is 23.8 Å². The highest BCUT2D eigenvalue weighted by atomic mass is 32.2. The molecule has 3 aliphatic rings. The van der Waals surface area contributed by atoms with Gasteiger partial charge < -0.3 is 9.80 Å². The van der Waals surface area contributed by atoms with Gasteiger partial charge in [0.25, 0.3) is 0 Å². The first kappa shape index (κ1) is 17.9. The summed E-state index contributed by atoms with van der Waals surface area (Å²) >= 11 is 0. The Labute approximate surface area is 148 Å². The minimum atomic E-state index is -3.64. The topological polar surface area (TPSA) is 78.0 Å². The number of amides is 2. The lowest BCUT2D eigenvalue weighted by Crippen LogP contribution is -2.51. The molecule has 3 saturated heterocycles. The van der Waals surface area contributed by atoms with E-state index in [0.29, 0.717) is 6.42 Å². The van der Waals surface area contributed by atoms with E-state index < -0.39 is 10.0 Å². The number of hydrogen-bond donors (Lipinski definition) is 0. The zero-order valence-corrected chi connectivity index (χ0v) is 15.3. The van der Waals surface area contributed by atoms with Crippen molar-refractivity contribution in [1.29, 1.82) is 0 Å². The van der Waals surface area contributed by atoms with Crippen LogP contribution in [0, 0.1) is 5.92 Å². The molecule has 136 valence electrons. The van der Waals surface area contributed by atoms with Crippen molar-refractivity contribution < 1.29 is 18.0 Å². The Balaban J connectivity index is 1.86. The zero-order valence-electron chi connectivity index (χ0n) is 14.5. The molecule has 8 heteroatoms. The van der Waals surface area contributed by atoms with Crippen LogP contribution in [-0.2, 0) is 19.6 Å². The highest BCUT2D eigenvalue weighted by Crippen LogP contribution is 2.31. The number of nitrogens with zero attached hydrogens (tertiary/aromatic N) is 3. The molecule has 25 heavy (non-hydrogen) atoms. The molecule has 2 bridgehead atoms. The summed E-state index contributed by atoms with van der Waals surface area (Å²) in [6.45, 7) is 0.422. The molecule has 0 aromatic heterocycles. The second kappa shape index (κ2) is 6.76. The van der Waals surface area contributed by atoms with Crippen LogP contribution in [0.3, 0.4) is 0 Å². The highest BCUT2D eigenvalue weighted by Gasteiger charge is 2.44. The van der Waals surface area contributed by atoms with Crippen molar-refractivity contribution in [2.75, 3.05) is 33.7 Å². The number of piperidine rings is 1. The third-order valence-electron chi connectivity index (χ3n) is 4.95. The van der Waals surface area contributed by atoms with Crippen molar-refractivity contribution in [1.82, 2.24) is 14.1 Å². The van der Waals surface area contributed by atoms with Crippen molar-refractivity contribution in [3.05, 3.63) is 30.3 Å². The second-order valence-electron chi connectivity index (χ2n) is 6.82. The lowest BCUT2D eigenvalue weighted by molar-refractivity contribution is -0.145. The smallest absolute Gasteiger partial charge is 0.243 e. The molecule has 1 aromatic rings. The maximum Gasteiger partial charge on any atom is 0.243 e. The largest absolute Gasteiger partial charge is 0.347 e. The van der Waals surface area contributed by atoms with Gasteiger partial charge >= 0.3 is 0 Å². The number of fused-ring (bicyclic) bond motifs is 4. The van der Waals surface area contributed by atoms with Crippen LogP contribution in [0.2, 0.25) is 0 Å². The number of carbonyl (C=O) groups excluding carboxylic acids is 2. The summed E-state index contributed by atoms with van der Waals surface area (Å²) in [7, 11) is -0.348. The summed E-state index contributed by atoms with van der Waals surface area (Å²) in [4.78, 5) is 28.0. The Kier molecular flexibility index (Phi) is 4.83. The molecule has 1 aromatic carbocycles. The molecule has 3 fully saturated rings. The van der Waals surface area contributed by atoms with E-state index in [2.05, 4.69) is 0 Å². The van der Waals surface area contributed by atoms with Crippen LogP contribution in [0.5, 0.6) is 0 Å². The first-order valence-electron chi connectivity index (χ1n) is 8.36. The molecule has 0 N–H and O–H groups in total. The van der Waals surface area contributed by atoms with Crippen LogP contribution in [0.4, 0.5) is 0 Å². The lowest BCUT2D eigenvalue weighted by Gasteiger charge is -2.36. The van der Waals surface area contributed by atoms with Crippen LogP contribution < -0.4 is 0 Å². The van der Waals surface area contributed by atoms with Crippen LogP contribution in [0.1, 0.15) is 12.8 Å². The molecule has 4 rings (SSSR count). The second-order valence-corrected chi connectivity index (χ2v) is 8.76. The van der Waals surface area contributed by atoms with E-state index in [1.807, 2.05) is 0 Å². The standard InChI is InChI=1S/C17H23N3O4S/c1-18(2)16(21)12-20-14-9-8-13(17(20)22)10-19(11-14)25(23,24)15-6-4-3-5-7-15/h3-7,13-14H,8-12H2,1-2H3. The van der Waals surface area contributed by atoms with Gasteiger partial charge in [-0.15, -0.1) is 0 Å². The Bertz CT molecular complexity index is 763. The molecule has 0 spiro atoms. The fraction of sp³-hybridized carbons (Fsp3) is 0.529. The van der Waals surface area contributed by atoms with Crippen molar-refractivity contribution in [2.24, 2.45) is 5.92 Å². The van der Waals surface area contributed by atoms with Gasteiger partial charge in [0.15, 0.2) is 0 Å². The predicted octanol–water partition coefficient (Wildman–Crippen LogP) is 0.386. The molecule has 2 unspecified atom stereocenters.